The van der Waals surface area contributed by atoms with Gasteiger partial charge in [-0.05, 0) is 18.6 Å². The Bertz CT molecular complexity index is 701. The molecule has 1 saturated heterocycles. The van der Waals surface area contributed by atoms with Crippen LogP contribution in [-0.4, -0.2) is 54.0 Å². The molecular weight excluding hydrogens is 322 g/mol. The summed E-state index contributed by atoms with van der Waals surface area (Å²) in [6.07, 6.45) is 1.02. The van der Waals surface area contributed by atoms with Gasteiger partial charge < -0.3 is 9.64 Å². The van der Waals surface area contributed by atoms with Crippen molar-refractivity contribution < 1.29 is 9.53 Å². The summed E-state index contributed by atoms with van der Waals surface area (Å²) in [5.41, 5.74) is 2.18. The summed E-state index contributed by atoms with van der Waals surface area (Å²) < 4.78 is 5.28. The highest BCUT2D eigenvalue weighted by molar-refractivity contribution is 7.13. The number of hydrogen-bond donors (Lipinski definition) is 0. The summed E-state index contributed by atoms with van der Waals surface area (Å²) in [7, 11) is 1.68. The van der Waals surface area contributed by atoms with Gasteiger partial charge in [-0.2, -0.15) is 0 Å². The van der Waals surface area contributed by atoms with Crippen LogP contribution in [0.25, 0.3) is 10.6 Å². The zero-order chi connectivity index (χ0) is 16.9. The number of carbonyl (C=O) groups is 1. The molecule has 0 bridgehead atoms. The highest BCUT2D eigenvalue weighted by Crippen LogP contribution is 2.27. The lowest BCUT2D eigenvalue weighted by atomic mass is 10.2. The molecule has 128 valence electrons. The quantitative estimate of drug-likeness (QED) is 0.855. The highest BCUT2D eigenvalue weighted by atomic mass is 32.1. The maximum atomic E-state index is 11.5. The Morgan fingerprint density at radius 2 is 2.17 bits per heavy atom. The van der Waals surface area contributed by atoms with Gasteiger partial charge in [-0.25, -0.2) is 4.98 Å². The van der Waals surface area contributed by atoms with Crippen molar-refractivity contribution in [1.29, 1.82) is 0 Å². The summed E-state index contributed by atoms with van der Waals surface area (Å²) in [4.78, 5) is 20.6. The fourth-order valence-corrected chi connectivity index (χ4v) is 3.75. The maximum Gasteiger partial charge on any atom is 0.219 e. The predicted octanol–water partition coefficient (Wildman–Crippen LogP) is 2.87. The first-order valence-corrected chi connectivity index (χ1v) is 9.10. The maximum absolute atomic E-state index is 11.5. The molecule has 2 heterocycles. The molecule has 0 saturated carbocycles. The molecule has 3 rings (SSSR count). The van der Waals surface area contributed by atoms with Crippen molar-refractivity contribution in [3.8, 4) is 16.3 Å². The zero-order valence-corrected chi connectivity index (χ0v) is 15.0. The van der Waals surface area contributed by atoms with Crippen molar-refractivity contribution in [2.24, 2.45) is 0 Å². The Labute approximate surface area is 146 Å². The van der Waals surface area contributed by atoms with Crippen molar-refractivity contribution in [2.45, 2.75) is 19.9 Å². The molecule has 6 heteroatoms. The summed E-state index contributed by atoms with van der Waals surface area (Å²) in [6, 6.07) is 8.00. The third-order valence-corrected chi connectivity index (χ3v) is 5.23. The van der Waals surface area contributed by atoms with Crippen LogP contribution >= 0.6 is 11.3 Å². The van der Waals surface area contributed by atoms with Gasteiger partial charge in [0, 0.05) is 50.6 Å². The van der Waals surface area contributed by atoms with E-state index in [0.29, 0.717) is 0 Å². The molecule has 1 aromatic carbocycles. The van der Waals surface area contributed by atoms with Crippen molar-refractivity contribution in [3.05, 3.63) is 35.3 Å². The largest absolute Gasteiger partial charge is 0.497 e. The van der Waals surface area contributed by atoms with Gasteiger partial charge in [-0.15, -0.1) is 11.3 Å². The molecule has 0 spiro atoms. The van der Waals surface area contributed by atoms with Crippen LogP contribution in [0.15, 0.2) is 29.6 Å². The lowest BCUT2D eigenvalue weighted by Gasteiger charge is -2.20. The van der Waals surface area contributed by atoms with E-state index in [1.54, 1.807) is 25.4 Å². The van der Waals surface area contributed by atoms with E-state index in [1.807, 2.05) is 23.1 Å². The highest BCUT2D eigenvalue weighted by Gasteiger charge is 2.17. The van der Waals surface area contributed by atoms with Gasteiger partial charge in [0.1, 0.15) is 10.8 Å². The van der Waals surface area contributed by atoms with Crippen molar-refractivity contribution in [3.63, 3.8) is 0 Å². The van der Waals surface area contributed by atoms with Crippen molar-refractivity contribution >= 4 is 17.2 Å². The number of methoxy groups -OCH3 is 1. The number of benzene rings is 1. The van der Waals surface area contributed by atoms with Crippen LogP contribution in [0.2, 0.25) is 0 Å². The van der Waals surface area contributed by atoms with E-state index >= 15 is 0 Å². The predicted molar refractivity (Wildman–Crippen MR) is 96.3 cm³/mol. The molecule has 5 nitrogen and oxygen atoms in total. The van der Waals surface area contributed by atoms with E-state index in [9.17, 15) is 4.79 Å². The van der Waals surface area contributed by atoms with Crippen molar-refractivity contribution in [1.82, 2.24) is 14.8 Å². The number of rotatable bonds is 4. The Morgan fingerprint density at radius 1 is 1.29 bits per heavy atom. The summed E-state index contributed by atoms with van der Waals surface area (Å²) in [5.74, 6) is 1.02. The van der Waals surface area contributed by atoms with E-state index in [1.165, 1.54) is 0 Å². The summed E-state index contributed by atoms with van der Waals surface area (Å²) in [6.45, 7) is 6.07. The molecule has 1 amide bonds. The van der Waals surface area contributed by atoms with Crippen LogP contribution in [0.3, 0.4) is 0 Å². The second kappa shape index (κ2) is 7.77. The van der Waals surface area contributed by atoms with Crippen LogP contribution in [-0.2, 0) is 11.3 Å². The van der Waals surface area contributed by atoms with E-state index in [0.717, 1.165) is 61.2 Å². The number of hydrogen-bond acceptors (Lipinski definition) is 5. The Morgan fingerprint density at radius 3 is 2.96 bits per heavy atom. The fraction of sp³-hybridized carbons (Fsp3) is 0.444. The standard InChI is InChI=1S/C18H23N3O2S/c1-14(22)21-8-4-7-20(9-10-21)12-16-13-24-18(19-16)15-5-3-6-17(11-15)23-2/h3,5-6,11,13H,4,7-10,12H2,1-2H3. The topological polar surface area (TPSA) is 45.7 Å². The van der Waals surface area contributed by atoms with Gasteiger partial charge in [0.05, 0.1) is 12.8 Å². The molecule has 24 heavy (non-hydrogen) atoms. The molecule has 0 aliphatic carbocycles. The Balaban J connectivity index is 1.64. The minimum absolute atomic E-state index is 0.172. The molecule has 1 aromatic heterocycles. The lowest BCUT2D eigenvalue weighted by molar-refractivity contribution is -0.128. The van der Waals surface area contributed by atoms with Crippen LogP contribution in [0.5, 0.6) is 5.75 Å². The first-order valence-electron chi connectivity index (χ1n) is 8.22. The fourth-order valence-electron chi connectivity index (χ4n) is 2.94. The van der Waals surface area contributed by atoms with E-state index in [-0.39, 0.29) is 5.91 Å². The molecule has 2 aromatic rings. The molecular formula is C18H23N3O2S. The molecule has 0 atom stereocenters. The third-order valence-electron chi connectivity index (χ3n) is 4.29. The SMILES string of the molecule is COc1cccc(-c2nc(CN3CCCN(C(C)=O)CC3)cs2)c1. The number of ether oxygens (including phenoxy) is 1. The van der Waals surface area contributed by atoms with Crippen LogP contribution in [0.4, 0.5) is 0 Å². The molecule has 1 aliphatic heterocycles. The Hall–Kier alpha value is -1.92. The van der Waals surface area contributed by atoms with Crippen LogP contribution in [0, 0.1) is 0 Å². The van der Waals surface area contributed by atoms with Crippen LogP contribution in [0.1, 0.15) is 19.0 Å². The minimum atomic E-state index is 0.172. The van der Waals surface area contributed by atoms with Gasteiger partial charge in [-0.3, -0.25) is 9.69 Å². The van der Waals surface area contributed by atoms with Gasteiger partial charge >= 0.3 is 0 Å². The number of carbonyl (C=O) groups excluding carboxylic acids is 1. The second-order valence-corrected chi connectivity index (χ2v) is 6.87. The third kappa shape index (κ3) is 4.13. The molecule has 0 radical (unpaired) electrons. The van der Waals surface area contributed by atoms with E-state index in [4.69, 9.17) is 9.72 Å². The first-order chi connectivity index (χ1) is 11.7. The number of aromatic nitrogens is 1. The van der Waals surface area contributed by atoms with Gasteiger partial charge in [-0.1, -0.05) is 12.1 Å². The lowest BCUT2D eigenvalue weighted by Crippen LogP contribution is -2.33. The number of thiazole rings is 1. The monoisotopic (exact) mass is 345 g/mol. The van der Waals surface area contributed by atoms with Crippen molar-refractivity contribution in [2.75, 3.05) is 33.3 Å². The van der Waals surface area contributed by atoms with Gasteiger partial charge in [0.2, 0.25) is 5.91 Å². The summed E-state index contributed by atoms with van der Waals surface area (Å²) >= 11 is 1.66. The first kappa shape index (κ1) is 16.9. The van der Waals surface area contributed by atoms with Gasteiger partial charge in [0.25, 0.3) is 0 Å². The molecule has 1 aliphatic rings. The normalized spacial score (nSPS) is 16.0. The summed E-state index contributed by atoms with van der Waals surface area (Å²) in [5, 5.41) is 3.15. The number of nitrogens with zero attached hydrogens (tertiary/aromatic N) is 3. The minimum Gasteiger partial charge on any atom is -0.497 e. The average Bonchev–Trinajstić information content (AvgIpc) is 2.92. The zero-order valence-electron chi connectivity index (χ0n) is 14.2. The van der Waals surface area contributed by atoms with E-state index in [2.05, 4.69) is 16.3 Å². The average molecular weight is 345 g/mol. The smallest absolute Gasteiger partial charge is 0.219 e. The second-order valence-electron chi connectivity index (χ2n) is 6.01. The molecule has 0 unspecified atom stereocenters. The van der Waals surface area contributed by atoms with Gasteiger partial charge in [0.15, 0.2) is 0 Å². The van der Waals surface area contributed by atoms with Crippen LogP contribution < -0.4 is 4.74 Å². The molecule has 1 fully saturated rings. The Kier molecular flexibility index (Phi) is 5.48. The molecule has 0 N–H and O–H groups in total. The van der Waals surface area contributed by atoms with E-state index < -0.39 is 0 Å². The number of amides is 1.